The molecule has 1 heterocycles. The van der Waals surface area contributed by atoms with Crippen molar-refractivity contribution in [1.82, 2.24) is 25.5 Å². The molecular formula is C21H22N6O3S. The number of carbonyl (C=O) groups is 1. The van der Waals surface area contributed by atoms with Gasteiger partial charge in [0.25, 0.3) is 11.6 Å². The summed E-state index contributed by atoms with van der Waals surface area (Å²) in [5.74, 6) is 0.0570. The second-order valence-corrected chi connectivity index (χ2v) is 8.60. The summed E-state index contributed by atoms with van der Waals surface area (Å²) in [6.45, 7) is 2.13. The van der Waals surface area contributed by atoms with Crippen LogP contribution in [0.25, 0.3) is 5.69 Å². The highest BCUT2D eigenvalue weighted by Gasteiger charge is 2.26. The fourth-order valence-electron chi connectivity index (χ4n) is 3.75. The van der Waals surface area contributed by atoms with Crippen LogP contribution in [0.2, 0.25) is 0 Å². The van der Waals surface area contributed by atoms with E-state index in [0.29, 0.717) is 16.0 Å². The van der Waals surface area contributed by atoms with Crippen molar-refractivity contribution in [2.75, 3.05) is 0 Å². The first-order valence-corrected chi connectivity index (χ1v) is 11.0. The molecule has 9 nitrogen and oxygen atoms in total. The Morgan fingerprint density at radius 2 is 1.97 bits per heavy atom. The molecule has 2 aromatic carbocycles. The molecule has 2 atom stereocenters. The maximum absolute atomic E-state index is 13.1. The Morgan fingerprint density at radius 1 is 1.19 bits per heavy atom. The van der Waals surface area contributed by atoms with Gasteiger partial charge in [-0.25, -0.2) is 0 Å². The number of aromatic nitrogens is 4. The van der Waals surface area contributed by atoms with Crippen molar-refractivity contribution in [1.29, 1.82) is 0 Å². The third kappa shape index (κ3) is 4.74. The summed E-state index contributed by atoms with van der Waals surface area (Å²) in [4.78, 5) is 24.5. The topological polar surface area (TPSA) is 116 Å². The lowest BCUT2D eigenvalue weighted by atomic mass is 9.86. The van der Waals surface area contributed by atoms with Gasteiger partial charge >= 0.3 is 0 Å². The largest absolute Gasteiger partial charge is 0.349 e. The molecule has 1 aliphatic carbocycles. The number of non-ortho nitro benzene ring substituents is 1. The first-order chi connectivity index (χ1) is 15.0. The molecule has 1 amide bonds. The molecule has 10 heteroatoms. The minimum absolute atomic E-state index is 0.0630. The molecule has 0 aliphatic heterocycles. The van der Waals surface area contributed by atoms with Crippen molar-refractivity contribution in [3.63, 3.8) is 0 Å². The Bertz CT molecular complexity index is 1090. The van der Waals surface area contributed by atoms with Gasteiger partial charge in [-0.1, -0.05) is 38.0 Å². The smallest absolute Gasteiger partial charge is 0.270 e. The summed E-state index contributed by atoms with van der Waals surface area (Å²) in [5, 5.41) is 26.7. The predicted molar refractivity (Wildman–Crippen MR) is 115 cm³/mol. The molecule has 0 radical (unpaired) electrons. The van der Waals surface area contributed by atoms with Crippen LogP contribution in [0.3, 0.4) is 0 Å². The number of nitro groups is 1. The summed E-state index contributed by atoms with van der Waals surface area (Å²) in [6, 6.07) is 13.7. The van der Waals surface area contributed by atoms with Crippen molar-refractivity contribution in [2.45, 2.75) is 48.7 Å². The van der Waals surface area contributed by atoms with E-state index in [4.69, 9.17) is 0 Å². The Labute approximate surface area is 183 Å². The third-order valence-electron chi connectivity index (χ3n) is 5.49. The molecule has 160 valence electrons. The highest BCUT2D eigenvalue weighted by atomic mass is 32.2. The number of nitro benzene ring substituents is 1. The van der Waals surface area contributed by atoms with E-state index in [2.05, 4.69) is 27.8 Å². The average Bonchev–Trinajstić information content (AvgIpc) is 3.24. The normalized spacial score (nSPS) is 18.5. The van der Waals surface area contributed by atoms with Gasteiger partial charge in [-0.3, -0.25) is 14.9 Å². The molecule has 1 saturated carbocycles. The summed E-state index contributed by atoms with van der Waals surface area (Å²) < 4.78 is 1.57. The first-order valence-electron chi connectivity index (χ1n) is 10.1. The number of rotatable bonds is 6. The van der Waals surface area contributed by atoms with Gasteiger partial charge in [0.05, 0.1) is 16.2 Å². The molecule has 1 aliphatic rings. The van der Waals surface area contributed by atoms with E-state index in [1.54, 1.807) is 10.7 Å². The highest BCUT2D eigenvalue weighted by molar-refractivity contribution is 7.99. The summed E-state index contributed by atoms with van der Waals surface area (Å²) in [7, 11) is 0. The van der Waals surface area contributed by atoms with Gasteiger partial charge < -0.3 is 5.32 Å². The van der Waals surface area contributed by atoms with Crippen LogP contribution in [0.4, 0.5) is 5.69 Å². The Balaban J connectivity index is 1.65. The fraction of sp³-hybridized carbons (Fsp3) is 0.333. The van der Waals surface area contributed by atoms with Crippen molar-refractivity contribution >= 4 is 23.4 Å². The number of benzene rings is 2. The number of nitrogens with one attached hydrogen (secondary N) is 1. The fourth-order valence-corrected chi connectivity index (χ4v) is 4.65. The maximum atomic E-state index is 13.1. The number of tetrazole rings is 1. The number of para-hydroxylation sites is 1. The molecule has 31 heavy (non-hydrogen) atoms. The molecular weight excluding hydrogens is 416 g/mol. The van der Waals surface area contributed by atoms with E-state index >= 15 is 0 Å². The quantitative estimate of drug-likeness (QED) is 0.456. The minimum atomic E-state index is -0.498. The molecule has 0 bridgehead atoms. The second-order valence-electron chi connectivity index (χ2n) is 7.59. The van der Waals surface area contributed by atoms with E-state index in [1.807, 2.05) is 30.3 Å². The number of hydrogen-bond acceptors (Lipinski definition) is 7. The molecule has 1 fully saturated rings. The molecule has 0 spiro atoms. The zero-order valence-electron chi connectivity index (χ0n) is 17.0. The van der Waals surface area contributed by atoms with Gasteiger partial charge in [-0.15, -0.1) is 5.10 Å². The molecule has 3 aromatic rings. The third-order valence-corrected chi connectivity index (χ3v) is 6.50. The van der Waals surface area contributed by atoms with Crippen LogP contribution in [-0.4, -0.2) is 37.1 Å². The SMILES string of the molecule is C[C@@H]1CCCC[C@@H]1NC(=O)c1cc([N+](=O)[O-])ccc1Sc1nnnn1-c1ccccc1. The van der Waals surface area contributed by atoms with E-state index in [-0.39, 0.29) is 23.2 Å². The molecule has 4 rings (SSSR count). The lowest BCUT2D eigenvalue weighted by molar-refractivity contribution is -0.384. The standard InChI is InChI=1S/C21H22N6O3S/c1-14-7-5-6-10-18(14)22-20(28)17-13-16(27(29)30)11-12-19(17)31-21-23-24-25-26(21)15-8-3-2-4-9-15/h2-4,8-9,11-14,18H,5-7,10H2,1H3,(H,22,28)/t14-,18+/m1/s1. The van der Waals surface area contributed by atoms with Gasteiger partial charge in [-0.05, 0) is 59.1 Å². The van der Waals surface area contributed by atoms with Crippen LogP contribution in [0.1, 0.15) is 43.0 Å². The van der Waals surface area contributed by atoms with E-state index in [9.17, 15) is 14.9 Å². The number of nitrogens with zero attached hydrogens (tertiary/aromatic N) is 5. The number of amides is 1. The van der Waals surface area contributed by atoms with Crippen molar-refractivity contribution in [2.24, 2.45) is 5.92 Å². The lowest BCUT2D eigenvalue weighted by Gasteiger charge is -2.29. The van der Waals surface area contributed by atoms with Gasteiger partial charge in [0, 0.05) is 23.1 Å². The van der Waals surface area contributed by atoms with Crippen molar-refractivity contribution < 1.29 is 9.72 Å². The van der Waals surface area contributed by atoms with Crippen LogP contribution >= 0.6 is 11.8 Å². The van der Waals surface area contributed by atoms with Crippen LogP contribution < -0.4 is 5.32 Å². The number of carbonyl (C=O) groups excluding carboxylic acids is 1. The average molecular weight is 439 g/mol. The zero-order chi connectivity index (χ0) is 21.8. The van der Waals surface area contributed by atoms with Gasteiger partial charge in [0.2, 0.25) is 5.16 Å². The maximum Gasteiger partial charge on any atom is 0.270 e. The van der Waals surface area contributed by atoms with Gasteiger partial charge in [0.15, 0.2) is 0 Å². The van der Waals surface area contributed by atoms with Crippen LogP contribution in [0.5, 0.6) is 0 Å². The summed E-state index contributed by atoms with van der Waals surface area (Å²) in [6.07, 6.45) is 4.20. The number of hydrogen-bond donors (Lipinski definition) is 1. The zero-order valence-corrected chi connectivity index (χ0v) is 17.8. The van der Waals surface area contributed by atoms with Crippen LogP contribution in [0, 0.1) is 16.0 Å². The van der Waals surface area contributed by atoms with Crippen molar-refractivity contribution in [3.05, 3.63) is 64.2 Å². The molecule has 0 unspecified atom stereocenters. The minimum Gasteiger partial charge on any atom is -0.349 e. The van der Waals surface area contributed by atoms with E-state index in [0.717, 1.165) is 31.4 Å². The second kappa shape index (κ2) is 9.25. The first kappa shape index (κ1) is 21.0. The summed E-state index contributed by atoms with van der Waals surface area (Å²) in [5.41, 5.74) is 0.896. The monoisotopic (exact) mass is 438 g/mol. The molecule has 0 saturated heterocycles. The van der Waals surface area contributed by atoms with Crippen LogP contribution in [-0.2, 0) is 0 Å². The Hall–Kier alpha value is -3.27. The van der Waals surface area contributed by atoms with Gasteiger partial charge in [0.1, 0.15) is 0 Å². The van der Waals surface area contributed by atoms with E-state index < -0.39 is 4.92 Å². The Morgan fingerprint density at radius 3 is 2.71 bits per heavy atom. The molecule has 1 aromatic heterocycles. The Kier molecular flexibility index (Phi) is 6.26. The van der Waals surface area contributed by atoms with Crippen LogP contribution in [0.15, 0.2) is 58.6 Å². The summed E-state index contributed by atoms with van der Waals surface area (Å²) >= 11 is 1.20. The van der Waals surface area contributed by atoms with Crippen molar-refractivity contribution in [3.8, 4) is 5.69 Å². The highest BCUT2D eigenvalue weighted by Crippen LogP contribution is 2.33. The predicted octanol–water partition coefficient (Wildman–Crippen LogP) is 4.03. The molecule has 1 N–H and O–H groups in total. The van der Waals surface area contributed by atoms with E-state index in [1.165, 1.54) is 23.9 Å². The van der Waals surface area contributed by atoms with Gasteiger partial charge in [-0.2, -0.15) is 4.68 Å². The lowest BCUT2D eigenvalue weighted by Crippen LogP contribution is -2.41.